The quantitative estimate of drug-likeness (QED) is 0.800. The average Bonchev–Trinajstić information content (AvgIpc) is 3.19. The average molecular weight is 261 g/mol. The summed E-state index contributed by atoms with van der Waals surface area (Å²) in [6.45, 7) is 6.64. The van der Waals surface area contributed by atoms with Crippen LogP contribution in [0.5, 0.6) is 5.75 Å². The maximum Gasteiger partial charge on any atom is 0.176 e. The van der Waals surface area contributed by atoms with Gasteiger partial charge in [-0.1, -0.05) is 13.8 Å². The van der Waals surface area contributed by atoms with Gasteiger partial charge in [0, 0.05) is 11.6 Å². The van der Waals surface area contributed by atoms with Crippen LogP contribution in [0.1, 0.15) is 54.1 Å². The predicted molar refractivity (Wildman–Crippen MR) is 77.2 cm³/mol. The molecule has 0 amide bonds. The Bertz CT molecular complexity index is 476. The van der Waals surface area contributed by atoms with Gasteiger partial charge in [0.25, 0.3) is 0 Å². The number of carbonyl (C=O) groups is 1. The topological polar surface area (TPSA) is 38.3 Å². The second kappa shape index (κ2) is 5.74. The third-order valence-corrected chi connectivity index (χ3v) is 3.63. The minimum Gasteiger partial charge on any atom is -0.496 e. The molecule has 104 valence electrons. The maximum absolute atomic E-state index is 12.3. The van der Waals surface area contributed by atoms with E-state index in [9.17, 15) is 4.79 Å². The lowest BCUT2D eigenvalue weighted by Gasteiger charge is -2.15. The lowest BCUT2D eigenvalue weighted by molar-refractivity contribution is 0.0990. The van der Waals surface area contributed by atoms with Crippen LogP contribution in [-0.4, -0.2) is 25.5 Å². The molecule has 3 nitrogen and oxygen atoms in total. The Morgan fingerprint density at radius 2 is 2.11 bits per heavy atom. The summed E-state index contributed by atoms with van der Waals surface area (Å²) in [6.07, 6.45) is 2.40. The van der Waals surface area contributed by atoms with Gasteiger partial charge in [-0.2, -0.15) is 0 Å². The summed E-state index contributed by atoms with van der Waals surface area (Å²) in [4.78, 5) is 12.3. The summed E-state index contributed by atoms with van der Waals surface area (Å²) >= 11 is 0. The molecule has 1 fully saturated rings. The van der Waals surface area contributed by atoms with E-state index in [0.717, 1.165) is 22.4 Å². The second-order valence-corrected chi connectivity index (χ2v) is 5.64. The SMILES string of the molecule is COc1cc(C)c(C(=O)CNC2CC2)cc1C(C)C. The number of Topliss-reactive ketones (excluding diaryl/α,β-unsaturated/α-hetero) is 1. The first-order valence-electron chi connectivity index (χ1n) is 6.98. The van der Waals surface area contributed by atoms with E-state index in [0.29, 0.717) is 18.5 Å². The molecule has 19 heavy (non-hydrogen) atoms. The monoisotopic (exact) mass is 261 g/mol. The van der Waals surface area contributed by atoms with Crippen LogP contribution in [-0.2, 0) is 0 Å². The van der Waals surface area contributed by atoms with Crippen LogP contribution in [0.25, 0.3) is 0 Å². The first kappa shape index (κ1) is 14.1. The number of aryl methyl sites for hydroxylation is 1. The Kier molecular flexibility index (Phi) is 4.25. The molecule has 0 heterocycles. The van der Waals surface area contributed by atoms with Crippen LogP contribution in [0.3, 0.4) is 0 Å². The molecule has 0 bridgehead atoms. The van der Waals surface area contributed by atoms with Gasteiger partial charge in [0.15, 0.2) is 5.78 Å². The largest absolute Gasteiger partial charge is 0.496 e. The van der Waals surface area contributed by atoms with Crippen molar-refractivity contribution < 1.29 is 9.53 Å². The van der Waals surface area contributed by atoms with E-state index >= 15 is 0 Å². The van der Waals surface area contributed by atoms with E-state index in [1.54, 1.807) is 7.11 Å². The number of carbonyl (C=O) groups excluding carboxylic acids is 1. The van der Waals surface area contributed by atoms with E-state index in [-0.39, 0.29) is 5.78 Å². The fourth-order valence-corrected chi connectivity index (χ4v) is 2.25. The molecule has 2 rings (SSSR count). The molecule has 1 aromatic rings. The minimum absolute atomic E-state index is 0.175. The second-order valence-electron chi connectivity index (χ2n) is 5.64. The molecular formula is C16H23NO2. The highest BCUT2D eigenvalue weighted by Gasteiger charge is 2.22. The van der Waals surface area contributed by atoms with E-state index in [1.807, 2.05) is 19.1 Å². The number of hydrogen-bond donors (Lipinski definition) is 1. The highest BCUT2D eigenvalue weighted by atomic mass is 16.5. The molecule has 0 saturated heterocycles. The summed E-state index contributed by atoms with van der Waals surface area (Å²) in [5.74, 6) is 1.40. The number of ketones is 1. The molecule has 1 saturated carbocycles. The van der Waals surface area contributed by atoms with Gasteiger partial charge in [-0.25, -0.2) is 0 Å². The molecule has 1 aromatic carbocycles. The third-order valence-electron chi connectivity index (χ3n) is 3.63. The van der Waals surface area contributed by atoms with E-state index in [2.05, 4.69) is 19.2 Å². The molecule has 0 radical (unpaired) electrons. The minimum atomic E-state index is 0.175. The Morgan fingerprint density at radius 1 is 1.42 bits per heavy atom. The lowest BCUT2D eigenvalue weighted by atomic mass is 9.94. The number of methoxy groups -OCH3 is 1. The highest BCUT2D eigenvalue weighted by Crippen LogP contribution is 2.29. The van der Waals surface area contributed by atoms with Gasteiger partial charge in [-0.15, -0.1) is 0 Å². The van der Waals surface area contributed by atoms with Gasteiger partial charge in [0.2, 0.25) is 0 Å². The van der Waals surface area contributed by atoms with Crippen molar-refractivity contribution in [1.82, 2.24) is 5.32 Å². The van der Waals surface area contributed by atoms with Crippen LogP contribution in [0.15, 0.2) is 12.1 Å². The van der Waals surface area contributed by atoms with Gasteiger partial charge < -0.3 is 10.1 Å². The Hall–Kier alpha value is -1.35. The fraction of sp³-hybridized carbons (Fsp3) is 0.562. The Labute approximate surface area is 115 Å². The van der Waals surface area contributed by atoms with E-state index < -0.39 is 0 Å². The zero-order valence-electron chi connectivity index (χ0n) is 12.2. The summed E-state index contributed by atoms with van der Waals surface area (Å²) in [7, 11) is 1.68. The van der Waals surface area contributed by atoms with Crippen molar-refractivity contribution in [3.05, 3.63) is 28.8 Å². The number of benzene rings is 1. The first-order valence-corrected chi connectivity index (χ1v) is 6.98. The number of rotatable bonds is 6. The molecule has 0 unspecified atom stereocenters. The molecular weight excluding hydrogens is 238 g/mol. The van der Waals surface area contributed by atoms with Crippen molar-refractivity contribution in [2.24, 2.45) is 0 Å². The van der Waals surface area contributed by atoms with Gasteiger partial charge >= 0.3 is 0 Å². The zero-order chi connectivity index (χ0) is 14.0. The van der Waals surface area contributed by atoms with Gasteiger partial charge in [-0.3, -0.25) is 4.79 Å². The third kappa shape index (κ3) is 3.35. The van der Waals surface area contributed by atoms with Gasteiger partial charge in [0.1, 0.15) is 5.75 Å². The first-order chi connectivity index (χ1) is 9.02. The van der Waals surface area contributed by atoms with Crippen LogP contribution < -0.4 is 10.1 Å². The van der Waals surface area contributed by atoms with Crippen molar-refractivity contribution >= 4 is 5.78 Å². The predicted octanol–water partition coefficient (Wildman–Crippen LogP) is 3.06. The zero-order valence-corrected chi connectivity index (χ0v) is 12.2. The lowest BCUT2D eigenvalue weighted by Crippen LogP contribution is -2.25. The van der Waals surface area contributed by atoms with Gasteiger partial charge in [-0.05, 0) is 48.9 Å². The Morgan fingerprint density at radius 3 is 2.63 bits per heavy atom. The maximum atomic E-state index is 12.3. The standard InChI is InChI=1S/C16H23NO2/c1-10(2)13-8-14(11(3)7-16(13)19-4)15(18)9-17-12-5-6-12/h7-8,10,12,17H,5-6,9H2,1-4H3. The van der Waals surface area contributed by atoms with Crippen molar-refractivity contribution in [3.8, 4) is 5.75 Å². The summed E-state index contributed by atoms with van der Waals surface area (Å²) < 4.78 is 5.40. The highest BCUT2D eigenvalue weighted by molar-refractivity contribution is 5.99. The molecule has 0 aromatic heterocycles. The molecule has 1 aliphatic rings. The van der Waals surface area contributed by atoms with Crippen molar-refractivity contribution in [2.45, 2.75) is 45.6 Å². The van der Waals surface area contributed by atoms with Crippen molar-refractivity contribution in [2.75, 3.05) is 13.7 Å². The summed E-state index contributed by atoms with van der Waals surface area (Å²) in [5, 5.41) is 3.28. The van der Waals surface area contributed by atoms with Crippen LogP contribution in [0.4, 0.5) is 0 Å². The number of hydrogen-bond acceptors (Lipinski definition) is 3. The van der Waals surface area contributed by atoms with Crippen molar-refractivity contribution in [1.29, 1.82) is 0 Å². The smallest absolute Gasteiger partial charge is 0.176 e. The fourth-order valence-electron chi connectivity index (χ4n) is 2.25. The normalized spacial score (nSPS) is 14.8. The van der Waals surface area contributed by atoms with Crippen LogP contribution >= 0.6 is 0 Å². The summed E-state index contributed by atoms with van der Waals surface area (Å²) in [5.41, 5.74) is 2.91. The Balaban J connectivity index is 2.22. The molecule has 0 atom stereocenters. The number of ether oxygens (including phenoxy) is 1. The molecule has 1 N–H and O–H groups in total. The molecule has 0 aliphatic heterocycles. The van der Waals surface area contributed by atoms with Crippen molar-refractivity contribution in [3.63, 3.8) is 0 Å². The molecule has 1 aliphatic carbocycles. The molecule has 3 heteroatoms. The van der Waals surface area contributed by atoms with Crippen LogP contribution in [0, 0.1) is 6.92 Å². The summed E-state index contributed by atoms with van der Waals surface area (Å²) in [6, 6.07) is 4.53. The van der Waals surface area contributed by atoms with E-state index in [1.165, 1.54) is 12.8 Å². The van der Waals surface area contributed by atoms with E-state index in [4.69, 9.17) is 4.74 Å². The molecule has 0 spiro atoms. The number of nitrogens with one attached hydrogen (secondary N) is 1. The van der Waals surface area contributed by atoms with Crippen LogP contribution in [0.2, 0.25) is 0 Å². The van der Waals surface area contributed by atoms with Gasteiger partial charge in [0.05, 0.1) is 13.7 Å².